The third-order valence-corrected chi connectivity index (χ3v) is 4.66. The Labute approximate surface area is 184 Å². The molecule has 31 heavy (non-hydrogen) atoms. The van der Waals surface area contributed by atoms with Crippen LogP contribution in [0.2, 0.25) is 0 Å². The van der Waals surface area contributed by atoms with Crippen molar-refractivity contribution in [3.63, 3.8) is 0 Å². The van der Waals surface area contributed by atoms with E-state index < -0.39 is 0 Å². The Hall–Kier alpha value is -3.35. The summed E-state index contributed by atoms with van der Waals surface area (Å²) in [6, 6.07) is 13.8. The van der Waals surface area contributed by atoms with Gasteiger partial charge in [-0.25, -0.2) is 0 Å². The first kappa shape index (κ1) is 23.9. The first-order valence-electron chi connectivity index (χ1n) is 10.8. The molecule has 4 N–H and O–H groups in total. The maximum absolute atomic E-state index is 12.2. The van der Waals surface area contributed by atoms with Crippen LogP contribution in [0.1, 0.15) is 60.2 Å². The van der Waals surface area contributed by atoms with Gasteiger partial charge in [0.05, 0.1) is 6.54 Å². The molecule has 2 aromatic carbocycles. The van der Waals surface area contributed by atoms with Gasteiger partial charge in [0.15, 0.2) is 0 Å². The Morgan fingerprint density at radius 2 is 1.13 bits per heavy atom. The largest absolute Gasteiger partial charge is 0.376 e. The van der Waals surface area contributed by atoms with Gasteiger partial charge in [-0.3, -0.25) is 14.4 Å². The molecule has 0 unspecified atom stereocenters. The Morgan fingerprint density at radius 3 is 1.58 bits per heavy atom. The molecule has 7 nitrogen and oxygen atoms in total. The molecule has 0 saturated heterocycles. The van der Waals surface area contributed by atoms with E-state index >= 15 is 0 Å². The molecule has 0 aliphatic rings. The Kier molecular flexibility index (Phi) is 10.1. The van der Waals surface area contributed by atoms with Crippen LogP contribution in [0.3, 0.4) is 0 Å². The van der Waals surface area contributed by atoms with Gasteiger partial charge in [-0.1, -0.05) is 26.7 Å². The molecule has 7 heteroatoms. The molecule has 2 rings (SSSR count). The first-order valence-corrected chi connectivity index (χ1v) is 10.8. The third-order valence-electron chi connectivity index (χ3n) is 4.66. The zero-order valence-electron chi connectivity index (χ0n) is 18.3. The molecule has 2 aromatic rings. The summed E-state index contributed by atoms with van der Waals surface area (Å²) in [5.41, 5.74) is 2.52. The van der Waals surface area contributed by atoms with Gasteiger partial charge in [-0.2, -0.15) is 0 Å². The number of rotatable bonds is 12. The van der Waals surface area contributed by atoms with Crippen LogP contribution in [0.25, 0.3) is 0 Å². The van der Waals surface area contributed by atoms with Crippen LogP contribution in [0.5, 0.6) is 0 Å². The summed E-state index contributed by atoms with van der Waals surface area (Å²) >= 11 is 0. The minimum absolute atomic E-state index is 0.0846. The van der Waals surface area contributed by atoms with Crippen molar-refractivity contribution in [2.75, 3.05) is 30.3 Å². The van der Waals surface area contributed by atoms with Crippen LogP contribution >= 0.6 is 0 Å². The van der Waals surface area contributed by atoms with E-state index in [0.717, 1.165) is 31.4 Å². The Morgan fingerprint density at radius 1 is 0.677 bits per heavy atom. The number of carbonyl (C=O) groups is 3. The van der Waals surface area contributed by atoms with Crippen molar-refractivity contribution < 1.29 is 14.4 Å². The average molecular weight is 425 g/mol. The van der Waals surface area contributed by atoms with Crippen molar-refractivity contribution in [3.05, 3.63) is 59.7 Å². The molecule has 0 atom stereocenters. The normalized spacial score (nSPS) is 10.3. The summed E-state index contributed by atoms with van der Waals surface area (Å²) in [6.07, 6.45) is 3.96. The number of nitrogens with one attached hydrogen (secondary N) is 4. The van der Waals surface area contributed by atoms with Gasteiger partial charge in [0.2, 0.25) is 5.91 Å². The number of amides is 3. The van der Waals surface area contributed by atoms with Crippen molar-refractivity contribution in [3.8, 4) is 0 Å². The summed E-state index contributed by atoms with van der Waals surface area (Å²) in [5, 5.41) is 11.6. The molecule has 0 spiro atoms. The number of unbranched alkanes of at least 4 members (excludes halogenated alkanes) is 2. The summed E-state index contributed by atoms with van der Waals surface area (Å²) < 4.78 is 0. The quantitative estimate of drug-likeness (QED) is 0.390. The number of hydrogen-bond acceptors (Lipinski definition) is 4. The highest BCUT2D eigenvalue weighted by atomic mass is 16.2. The lowest BCUT2D eigenvalue weighted by Gasteiger charge is -2.10. The molecule has 0 radical (unpaired) electrons. The van der Waals surface area contributed by atoms with Crippen LogP contribution in [-0.4, -0.2) is 37.4 Å². The van der Waals surface area contributed by atoms with Crippen molar-refractivity contribution in [2.24, 2.45) is 0 Å². The van der Waals surface area contributed by atoms with E-state index in [1.807, 2.05) is 0 Å². The van der Waals surface area contributed by atoms with Crippen molar-refractivity contribution in [1.29, 1.82) is 0 Å². The molecule has 0 saturated carbocycles. The lowest BCUT2D eigenvalue weighted by Crippen LogP contribution is -2.25. The number of benzene rings is 2. The topological polar surface area (TPSA) is 99.3 Å². The minimum Gasteiger partial charge on any atom is -0.376 e. The van der Waals surface area contributed by atoms with E-state index in [2.05, 4.69) is 35.1 Å². The van der Waals surface area contributed by atoms with E-state index in [4.69, 9.17) is 0 Å². The van der Waals surface area contributed by atoms with Crippen LogP contribution in [0, 0.1) is 0 Å². The van der Waals surface area contributed by atoms with E-state index in [1.165, 1.54) is 0 Å². The van der Waals surface area contributed by atoms with Gasteiger partial charge >= 0.3 is 0 Å². The van der Waals surface area contributed by atoms with Gasteiger partial charge in [0.1, 0.15) is 0 Å². The minimum atomic E-state index is -0.207. The van der Waals surface area contributed by atoms with Gasteiger partial charge in [-0.05, 0) is 61.4 Å². The van der Waals surface area contributed by atoms with Crippen molar-refractivity contribution in [2.45, 2.75) is 39.5 Å². The molecule has 0 bridgehead atoms. The molecule has 166 valence electrons. The number of carbonyl (C=O) groups excluding carboxylic acids is 3. The Balaban J connectivity index is 1.77. The van der Waals surface area contributed by atoms with Gasteiger partial charge in [0, 0.05) is 35.6 Å². The molecule has 0 heterocycles. The fourth-order valence-corrected chi connectivity index (χ4v) is 2.79. The monoisotopic (exact) mass is 424 g/mol. The fourth-order valence-electron chi connectivity index (χ4n) is 2.79. The standard InChI is InChI=1S/C24H32N4O3/c1-3-5-15-25-23(30)18-7-11-20(12-8-18)27-17-22(29)28-21-13-9-19(10-14-21)24(31)26-16-6-4-2/h7-14,27H,3-6,15-17H2,1-2H3,(H,25,30)(H,26,31)(H,28,29). The second-order valence-corrected chi connectivity index (χ2v) is 7.28. The van der Waals surface area contributed by atoms with Crippen molar-refractivity contribution >= 4 is 29.1 Å². The van der Waals surface area contributed by atoms with E-state index in [0.29, 0.717) is 29.9 Å². The lowest BCUT2D eigenvalue weighted by molar-refractivity contribution is -0.114. The molecule has 0 fully saturated rings. The van der Waals surface area contributed by atoms with Gasteiger partial charge in [-0.15, -0.1) is 0 Å². The predicted octanol–water partition coefficient (Wildman–Crippen LogP) is 3.80. The molecule has 0 aromatic heterocycles. The molecule has 0 aliphatic carbocycles. The van der Waals surface area contributed by atoms with Gasteiger partial charge < -0.3 is 21.3 Å². The van der Waals surface area contributed by atoms with E-state index in [-0.39, 0.29) is 24.3 Å². The molecular formula is C24H32N4O3. The van der Waals surface area contributed by atoms with Gasteiger partial charge in [0.25, 0.3) is 11.8 Å². The maximum atomic E-state index is 12.2. The number of hydrogen-bond donors (Lipinski definition) is 4. The summed E-state index contributed by atoms with van der Waals surface area (Å²) in [5.74, 6) is -0.419. The highest BCUT2D eigenvalue weighted by Crippen LogP contribution is 2.11. The number of anilines is 2. The van der Waals surface area contributed by atoms with E-state index in [9.17, 15) is 14.4 Å². The zero-order chi connectivity index (χ0) is 22.5. The zero-order valence-corrected chi connectivity index (χ0v) is 18.3. The SMILES string of the molecule is CCCCNC(=O)c1ccc(NCC(=O)Nc2ccc(C(=O)NCCCC)cc2)cc1. The van der Waals surface area contributed by atoms with Crippen LogP contribution in [0.15, 0.2) is 48.5 Å². The first-order chi connectivity index (χ1) is 15.0. The third kappa shape index (κ3) is 8.50. The second-order valence-electron chi connectivity index (χ2n) is 7.28. The molecular weight excluding hydrogens is 392 g/mol. The predicted molar refractivity (Wildman–Crippen MR) is 124 cm³/mol. The van der Waals surface area contributed by atoms with Crippen LogP contribution < -0.4 is 21.3 Å². The maximum Gasteiger partial charge on any atom is 0.251 e. The summed E-state index contributed by atoms with van der Waals surface area (Å²) in [4.78, 5) is 36.2. The van der Waals surface area contributed by atoms with Crippen LogP contribution in [-0.2, 0) is 4.79 Å². The fraction of sp³-hybridized carbons (Fsp3) is 0.375. The highest BCUT2D eigenvalue weighted by molar-refractivity contribution is 5.97. The van der Waals surface area contributed by atoms with Crippen LogP contribution in [0.4, 0.5) is 11.4 Å². The second kappa shape index (κ2) is 13.1. The highest BCUT2D eigenvalue weighted by Gasteiger charge is 2.07. The average Bonchev–Trinajstić information content (AvgIpc) is 2.78. The summed E-state index contributed by atoms with van der Waals surface area (Å²) in [6.45, 7) is 5.55. The van der Waals surface area contributed by atoms with E-state index in [1.54, 1.807) is 48.5 Å². The van der Waals surface area contributed by atoms with Crippen molar-refractivity contribution in [1.82, 2.24) is 10.6 Å². The smallest absolute Gasteiger partial charge is 0.251 e. The lowest BCUT2D eigenvalue weighted by atomic mass is 10.2. The Bertz CT molecular complexity index is 848. The molecule has 0 aliphatic heterocycles. The summed E-state index contributed by atoms with van der Waals surface area (Å²) in [7, 11) is 0. The molecule has 3 amide bonds.